The third-order valence-corrected chi connectivity index (χ3v) is 7.57. The maximum Gasteiger partial charge on any atom is 0.270 e. The Morgan fingerprint density at radius 3 is 2.04 bits per heavy atom. The summed E-state index contributed by atoms with van der Waals surface area (Å²) in [5.74, 6) is 2.17. The summed E-state index contributed by atoms with van der Waals surface area (Å²) in [5, 5.41) is 46.9. The molecule has 0 amide bonds. The highest BCUT2D eigenvalue weighted by molar-refractivity contribution is 5.95. The zero-order valence-corrected chi connectivity index (χ0v) is 25.6. The number of allylic oxidation sites excluding steroid dienone is 14. The molecule has 226 valence electrons. The van der Waals surface area contributed by atoms with Crippen LogP contribution in [0.25, 0.3) is 16.0 Å². The first-order valence-corrected chi connectivity index (χ1v) is 14.8. The molecule has 0 unspecified atom stereocenters. The second kappa shape index (κ2) is 16.9. The lowest BCUT2D eigenvalue weighted by Gasteiger charge is -2.31. The number of ether oxygens (including phenoxy) is 1. The zero-order chi connectivity index (χ0) is 33.4. The van der Waals surface area contributed by atoms with E-state index in [1.54, 1.807) is 60.7 Å². The molecular weight excluding hydrogens is 582 g/mol. The molecule has 0 saturated carbocycles. The first-order valence-electron chi connectivity index (χ1n) is 14.8. The summed E-state index contributed by atoms with van der Waals surface area (Å²) in [4.78, 5) is 5.65. The minimum atomic E-state index is -0.150. The lowest BCUT2D eigenvalue weighted by Crippen LogP contribution is -2.36. The van der Waals surface area contributed by atoms with Gasteiger partial charge in [0.2, 0.25) is 0 Å². The lowest BCUT2D eigenvalue weighted by atomic mass is 9.94. The zero-order valence-electron chi connectivity index (χ0n) is 25.6. The first-order chi connectivity index (χ1) is 23.1. The number of hydrogen-bond donors (Lipinski definition) is 1. The largest absolute Gasteiger partial charge is 0.378 e. The number of rotatable bonds is 9. The van der Waals surface area contributed by atoms with E-state index in [1.165, 1.54) is 0 Å². The van der Waals surface area contributed by atoms with Crippen LogP contribution >= 0.6 is 0 Å². The van der Waals surface area contributed by atoms with E-state index in [9.17, 15) is 21.0 Å². The van der Waals surface area contributed by atoms with Crippen molar-refractivity contribution in [1.29, 1.82) is 26.5 Å². The van der Waals surface area contributed by atoms with Crippen molar-refractivity contribution in [2.75, 3.05) is 26.3 Å². The molecule has 4 rings (SSSR count). The highest BCUT2D eigenvalue weighted by Crippen LogP contribution is 2.36. The average molecular weight is 612 g/mol. The molecule has 2 aromatic carbocycles. The average Bonchev–Trinajstić information content (AvgIpc) is 3.53. The molecule has 0 aromatic heterocycles. The molecule has 1 N–H and O–H groups in total. The summed E-state index contributed by atoms with van der Waals surface area (Å²) in [6.45, 7) is 10.1. The fraction of sp³-hybridized carbons (Fsp3) is 0.154. The van der Waals surface area contributed by atoms with Crippen molar-refractivity contribution in [3.63, 3.8) is 0 Å². The van der Waals surface area contributed by atoms with Gasteiger partial charge in [0.15, 0.2) is 0 Å². The van der Waals surface area contributed by atoms with Crippen LogP contribution in [0.4, 0.5) is 0 Å². The molecule has 2 aliphatic rings. The van der Waals surface area contributed by atoms with Gasteiger partial charge in [-0.15, -0.1) is 0 Å². The molecule has 1 aliphatic carbocycles. The van der Waals surface area contributed by atoms with Crippen LogP contribution in [-0.4, -0.2) is 37.1 Å². The van der Waals surface area contributed by atoms with Crippen LogP contribution in [0.1, 0.15) is 24.0 Å². The monoisotopic (exact) mass is 611 g/mol. The molecule has 8 heteroatoms. The van der Waals surface area contributed by atoms with Gasteiger partial charge in [-0.05, 0) is 53.1 Å². The predicted octanol–water partition coefficient (Wildman–Crippen LogP) is 7.39. The molecule has 47 heavy (non-hydrogen) atoms. The van der Waals surface area contributed by atoms with Gasteiger partial charge >= 0.3 is 0 Å². The van der Waals surface area contributed by atoms with E-state index < -0.39 is 0 Å². The SMILES string of the molecule is [C-]#[N+]\C(C#N)=C(/C(C#N)=C/C=C/C1=C(N2CCOCC2)C(=C/C=C/C(C#N)=C(/C(=C=N)C#N)c2ccccc2)/CC1)c1ccccc1. The van der Waals surface area contributed by atoms with Gasteiger partial charge in [-0.1, -0.05) is 85.0 Å². The quantitative estimate of drug-likeness (QED) is 0.136. The lowest BCUT2D eigenvalue weighted by molar-refractivity contribution is 0.0547. The van der Waals surface area contributed by atoms with Gasteiger partial charge in [-0.2, -0.15) is 15.8 Å². The van der Waals surface area contributed by atoms with Crippen molar-refractivity contribution < 1.29 is 4.74 Å². The second-order valence-electron chi connectivity index (χ2n) is 10.3. The number of morpholine rings is 1. The summed E-state index contributed by atoms with van der Waals surface area (Å²) >= 11 is 0. The Morgan fingerprint density at radius 1 is 0.830 bits per heavy atom. The van der Waals surface area contributed by atoms with Crippen LogP contribution in [0.15, 0.2) is 136 Å². The van der Waals surface area contributed by atoms with Gasteiger partial charge in [0.25, 0.3) is 5.70 Å². The topological polar surface area (TPSA) is 136 Å². The molecule has 2 aromatic rings. The predicted molar refractivity (Wildman–Crippen MR) is 180 cm³/mol. The van der Waals surface area contributed by atoms with Crippen molar-refractivity contribution in [2.24, 2.45) is 0 Å². The van der Waals surface area contributed by atoms with Crippen molar-refractivity contribution >= 4 is 17.0 Å². The Hall–Kier alpha value is -6.72. The van der Waals surface area contributed by atoms with Gasteiger partial charge < -0.3 is 9.64 Å². The summed E-state index contributed by atoms with van der Waals surface area (Å²) in [6.07, 6.45) is 12.3. The maximum atomic E-state index is 10.0. The van der Waals surface area contributed by atoms with Crippen LogP contribution in [-0.2, 0) is 4.74 Å². The first kappa shape index (κ1) is 33.2. The Labute approximate surface area is 275 Å². The van der Waals surface area contributed by atoms with E-state index >= 15 is 0 Å². The summed E-state index contributed by atoms with van der Waals surface area (Å²) in [5.41, 5.74) is 5.38. The molecule has 1 fully saturated rings. The highest BCUT2D eigenvalue weighted by atomic mass is 16.5. The van der Waals surface area contributed by atoms with Gasteiger partial charge in [-0.3, -0.25) is 5.41 Å². The van der Waals surface area contributed by atoms with E-state index in [4.69, 9.17) is 16.7 Å². The maximum absolute atomic E-state index is 10.0. The minimum absolute atomic E-state index is 0.0272. The summed E-state index contributed by atoms with van der Waals surface area (Å²) in [7, 11) is 0. The molecule has 0 radical (unpaired) electrons. The van der Waals surface area contributed by atoms with Crippen molar-refractivity contribution in [1.82, 2.24) is 4.90 Å². The van der Waals surface area contributed by atoms with Gasteiger partial charge in [-0.25, -0.2) is 10.1 Å². The Morgan fingerprint density at radius 2 is 1.49 bits per heavy atom. The van der Waals surface area contributed by atoms with Crippen molar-refractivity contribution in [3.05, 3.63) is 159 Å². The molecule has 1 saturated heterocycles. The molecule has 8 nitrogen and oxygen atoms in total. The Bertz CT molecular complexity index is 1980. The van der Waals surface area contributed by atoms with Crippen LogP contribution in [0.2, 0.25) is 0 Å². The normalized spacial score (nSPS) is 16.8. The number of nitrogens with zero attached hydrogens (tertiary/aromatic N) is 6. The van der Waals surface area contributed by atoms with E-state index in [2.05, 4.69) is 27.8 Å². The van der Waals surface area contributed by atoms with Crippen LogP contribution in [0.5, 0.6) is 0 Å². The molecule has 0 spiro atoms. The fourth-order valence-electron chi connectivity index (χ4n) is 5.45. The molecular formula is C39H29N7O. The van der Waals surface area contributed by atoms with E-state index in [0.717, 1.165) is 29.7 Å². The van der Waals surface area contributed by atoms with Crippen molar-refractivity contribution in [2.45, 2.75) is 12.8 Å². The smallest absolute Gasteiger partial charge is 0.270 e. The summed E-state index contributed by atoms with van der Waals surface area (Å²) in [6, 6.07) is 26.2. The Kier molecular flexibility index (Phi) is 12.0. The third kappa shape index (κ3) is 8.06. The molecule has 0 bridgehead atoms. The highest BCUT2D eigenvalue weighted by Gasteiger charge is 2.24. The standard InChI is InChI=1S/C39H29N7O/c1-45-36(28-44)38(30-12-6-3-7-13-30)34(25-41)17-9-15-32-19-18-31(39(32)46-20-22-47-23-21-46)14-8-16-33(24-40)37(35(26-42)27-43)29-10-4-2-5-11-29/h2-17,42H,18-23H2/b15-9+,16-8+,31-14+,34-17+,37-33-,38-36-. The van der Waals surface area contributed by atoms with Crippen LogP contribution in [0.3, 0.4) is 0 Å². The number of nitrogens with one attached hydrogen (secondary N) is 1. The van der Waals surface area contributed by atoms with Gasteiger partial charge in [0.1, 0.15) is 11.6 Å². The minimum Gasteiger partial charge on any atom is -0.378 e. The fourth-order valence-corrected chi connectivity index (χ4v) is 5.45. The molecule has 1 heterocycles. The second-order valence-corrected chi connectivity index (χ2v) is 10.3. The summed E-state index contributed by atoms with van der Waals surface area (Å²) < 4.78 is 5.60. The van der Waals surface area contributed by atoms with Gasteiger partial charge in [0, 0.05) is 29.9 Å². The Balaban J connectivity index is 1.75. The molecule has 1 aliphatic heterocycles. The molecule has 0 atom stereocenters. The third-order valence-electron chi connectivity index (χ3n) is 7.57. The van der Waals surface area contributed by atoms with Crippen molar-refractivity contribution in [3.8, 4) is 24.3 Å². The van der Waals surface area contributed by atoms with Crippen LogP contribution in [0, 0.1) is 57.3 Å². The van der Waals surface area contributed by atoms with E-state index in [1.807, 2.05) is 48.6 Å². The van der Waals surface area contributed by atoms with E-state index in [0.29, 0.717) is 48.6 Å². The van der Waals surface area contributed by atoms with Gasteiger partial charge in [0.05, 0.1) is 49.1 Å². The number of benzene rings is 2. The number of nitriles is 4. The van der Waals surface area contributed by atoms with E-state index in [-0.39, 0.29) is 22.4 Å². The number of hydrogen-bond acceptors (Lipinski definition) is 7. The van der Waals surface area contributed by atoms with Crippen LogP contribution < -0.4 is 0 Å².